The van der Waals surface area contributed by atoms with Gasteiger partial charge in [0.1, 0.15) is 0 Å². The topological polar surface area (TPSA) is 43.4 Å². The highest BCUT2D eigenvalue weighted by molar-refractivity contribution is 5.69. The maximum absolute atomic E-state index is 6.09. The first kappa shape index (κ1) is 27.6. The summed E-state index contributed by atoms with van der Waals surface area (Å²) in [7, 11) is 0. The molecule has 2 aliphatic carbocycles. The molecule has 40 heavy (non-hydrogen) atoms. The van der Waals surface area contributed by atoms with Gasteiger partial charge in [0.25, 0.3) is 0 Å². The van der Waals surface area contributed by atoms with Crippen LogP contribution in [0.15, 0.2) is 60.8 Å². The van der Waals surface area contributed by atoms with Crippen LogP contribution in [0, 0.1) is 0 Å². The van der Waals surface area contributed by atoms with E-state index in [0.29, 0.717) is 6.04 Å². The van der Waals surface area contributed by atoms with Gasteiger partial charge in [0, 0.05) is 48.7 Å². The van der Waals surface area contributed by atoms with Crippen molar-refractivity contribution in [1.82, 2.24) is 10.3 Å². The van der Waals surface area contributed by atoms with Gasteiger partial charge in [-0.2, -0.15) is 0 Å². The van der Waals surface area contributed by atoms with Crippen LogP contribution >= 0.6 is 0 Å². The molecule has 0 saturated carbocycles. The second kappa shape index (κ2) is 13.0. The molecule has 2 heterocycles. The first-order chi connectivity index (χ1) is 19.8. The third-order valence-electron chi connectivity index (χ3n) is 9.73. The van der Waals surface area contributed by atoms with Gasteiger partial charge in [-0.05, 0) is 105 Å². The van der Waals surface area contributed by atoms with E-state index in [1.54, 1.807) is 0 Å². The normalized spacial score (nSPS) is 24.9. The van der Waals surface area contributed by atoms with Gasteiger partial charge >= 0.3 is 0 Å². The number of pyridine rings is 1. The van der Waals surface area contributed by atoms with E-state index in [0.717, 1.165) is 52.0 Å². The minimum Gasteiger partial charge on any atom is -0.381 e. The van der Waals surface area contributed by atoms with Crippen LogP contribution < -0.4 is 5.32 Å². The van der Waals surface area contributed by atoms with Crippen LogP contribution in [0.3, 0.4) is 0 Å². The molecule has 2 aromatic carbocycles. The fourth-order valence-corrected chi connectivity index (χ4v) is 7.55. The molecule has 6 rings (SSSR count). The van der Waals surface area contributed by atoms with Crippen molar-refractivity contribution in [2.24, 2.45) is 0 Å². The summed E-state index contributed by atoms with van der Waals surface area (Å²) in [5.74, 6) is 0. The zero-order valence-electron chi connectivity index (χ0n) is 24.3. The van der Waals surface area contributed by atoms with E-state index in [9.17, 15) is 0 Å². The largest absolute Gasteiger partial charge is 0.381 e. The Morgan fingerprint density at radius 2 is 1.82 bits per heavy atom. The lowest BCUT2D eigenvalue weighted by molar-refractivity contribution is 0.0454. The molecule has 0 unspecified atom stereocenters. The number of rotatable bonds is 8. The molecule has 0 bridgehead atoms. The summed E-state index contributed by atoms with van der Waals surface area (Å²) in [6.45, 7) is 5.55. The summed E-state index contributed by atoms with van der Waals surface area (Å²) < 4.78 is 12.2. The third kappa shape index (κ3) is 5.91. The van der Waals surface area contributed by atoms with Gasteiger partial charge in [0.05, 0.1) is 6.10 Å². The molecule has 3 atom stereocenters. The lowest BCUT2D eigenvalue weighted by Gasteiger charge is -2.36. The summed E-state index contributed by atoms with van der Waals surface area (Å²) in [6.07, 6.45) is 15.2. The molecule has 0 amide bonds. The van der Waals surface area contributed by atoms with Gasteiger partial charge in [0.15, 0.2) is 0 Å². The van der Waals surface area contributed by atoms with Crippen molar-refractivity contribution in [3.05, 3.63) is 88.7 Å². The summed E-state index contributed by atoms with van der Waals surface area (Å²) in [4.78, 5) is 5.21. The van der Waals surface area contributed by atoms with E-state index >= 15 is 0 Å². The van der Waals surface area contributed by atoms with Gasteiger partial charge in [-0.1, -0.05) is 61.4 Å². The molecule has 1 N–H and O–H groups in total. The van der Waals surface area contributed by atoms with Gasteiger partial charge in [0.2, 0.25) is 0 Å². The first-order valence-electron chi connectivity index (χ1n) is 15.9. The van der Waals surface area contributed by atoms with E-state index in [-0.39, 0.29) is 11.5 Å². The summed E-state index contributed by atoms with van der Waals surface area (Å²) >= 11 is 0. The molecule has 3 aromatic rings. The Kier molecular flexibility index (Phi) is 8.96. The van der Waals surface area contributed by atoms with Crippen molar-refractivity contribution in [3.63, 3.8) is 0 Å². The number of fused-ring (bicyclic) bond motifs is 2. The molecule has 4 nitrogen and oxygen atoms in total. The lowest BCUT2D eigenvalue weighted by atomic mass is 9.73. The number of hydrogen-bond acceptors (Lipinski definition) is 4. The van der Waals surface area contributed by atoms with Gasteiger partial charge in [-0.15, -0.1) is 0 Å². The molecule has 0 spiro atoms. The van der Waals surface area contributed by atoms with E-state index in [1.807, 2.05) is 0 Å². The number of benzene rings is 2. The predicted octanol–water partition coefficient (Wildman–Crippen LogP) is 8.05. The Hall–Kier alpha value is -2.53. The van der Waals surface area contributed by atoms with Crippen molar-refractivity contribution in [3.8, 4) is 11.1 Å². The Bertz CT molecular complexity index is 1240. The van der Waals surface area contributed by atoms with Gasteiger partial charge < -0.3 is 14.8 Å². The van der Waals surface area contributed by atoms with E-state index in [1.165, 1.54) is 84.0 Å². The van der Waals surface area contributed by atoms with Crippen molar-refractivity contribution < 1.29 is 9.47 Å². The molecule has 1 aliphatic heterocycles. The molecule has 4 heteroatoms. The van der Waals surface area contributed by atoms with Gasteiger partial charge in [-0.25, -0.2) is 0 Å². The Balaban J connectivity index is 1.22. The molecule has 1 aromatic heterocycles. The minimum absolute atomic E-state index is 0.0382. The summed E-state index contributed by atoms with van der Waals surface area (Å²) in [5.41, 5.74) is 9.76. The van der Waals surface area contributed by atoms with Crippen LogP contribution in [0.1, 0.15) is 105 Å². The van der Waals surface area contributed by atoms with Crippen LogP contribution in [-0.2, 0) is 27.7 Å². The zero-order valence-corrected chi connectivity index (χ0v) is 24.3. The lowest BCUT2D eigenvalue weighted by Crippen LogP contribution is -2.35. The quantitative estimate of drug-likeness (QED) is 0.315. The van der Waals surface area contributed by atoms with Gasteiger partial charge in [-0.3, -0.25) is 4.98 Å². The third-order valence-corrected chi connectivity index (χ3v) is 9.73. The first-order valence-corrected chi connectivity index (χ1v) is 15.9. The van der Waals surface area contributed by atoms with Crippen molar-refractivity contribution in [1.29, 1.82) is 0 Å². The molecule has 1 saturated heterocycles. The average Bonchev–Trinajstić information content (AvgIpc) is 3.52. The van der Waals surface area contributed by atoms with Crippen LogP contribution in [0.2, 0.25) is 0 Å². The number of ether oxygens (including phenoxy) is 2. The van der Waals surface area contributed by atoms with E-state index < -0.39 is 0 Å². The maximum atomic E-state index is 6.09. The molecule has 1 fully saturated rings. The Morgan fingerprint density at radius 1 is 0.900 bits per heavy atom. The van der Waals surface area contributed by atoms with Crippen LogP contribution in [0.25, 0.3) is 11.1 Å². The Morgan fingerprint density at radius 3 is 2.70 bits per heavy atom. The molecular formula is C36H46N2O2. The predicted molar refractivity (Wildman–Crippen MR) is 163 cm³/mol. The number of nitrogens with zero attached hydrogens (tertiary/aromatic N) is 1. The fraction of sp³-hybridized carbons (Fsp3) is 0.528. The summed E-state index contributed by atoms with van der Waals surface area (Å²) in [5, 5.41) is 3.98. The molecule has 212 valence electrons. The number of aryl methyl sites for hydroxylation is 1. The average molecular weight is 539 g/mol. The monoisotopic (exact) mass is 538 g/mol. The minimum atomic E-state index is 0.0382. The number of hydrogen-bond donors (Lipinski definition) is 1. The SMILES string of the molecule is CCO[C@H]1CC[C@H](NCC[C@]2(c3ccc(-c4cccc5c4CCC5)cn3)CCCCCOCC2)c2ccccc21. The molecule has 0 radical (unpaired) electrons. The summed E-state index contributed by atoms with van der Waals surface area (Å²) in [6, 6.07) is 20.7. The standard InChI is InChI=1S/C36H46N2O2/c1-2-40-34-18-17-33(31-12-4-5-13-32(31)34)37-23-21-36(20-6-3-7-24-39-25-22-36)35-19-16-28(26-38-35)30-15-9-11-27-10-8-14-29(27)30/h4-5,9,11-13,15-16,19,26,33-34,37H,2-3,6-8,10,14,17-18,20-25H2,1H3/t33-,34-,36+/m0/s1. The fourth-order valence-electron chi connectivity index (χ4n) is 7.55. The van der Waals surface area contributed by atoms with E-state index in [4.69, 9.17) is 14.5 Å². The molecular weight excluding hydrogens is 492 g/mol. The van der Waals surface area contributed by atoms with Crippen molar-refractivity contribution in [2.75, 3.05) is 26.4 Å². The molecule has 3 aliphatic rings. The number of aromatic nitrogens is 1. The second-order valence-corrected chi connectivity index (χ2v) is 12.1. The van der Waals surface area contributed by atoms with Crippen LogP contribution in [0.4, 0.5) is 0 Å². The highest BCUT2D eigenvalue weighted by Crippen LogP contribution is 2.41. The maximum Gasteiger partial charge on any atom is 0.0828 e. The second-order valence-electron chi connectivity index (χ2n) is 12.1. The van der Waals surface area contributed by atoms with Crippen LogP contribution in [-0.4, -0.2) is 31.3 Å². The Labute approximate surface area is 240 Å². The van der Waals surface area contributed by atoms with Crippen molar-refractivity contribution >= 4 is 0 Å². The van der Waals surface area contributed by atoms with Crippen molar-refractivity contribution in [2.45, 2.75) is 95.1 Å². The van der Waals surface area contributed by atoms with E-state index in [2.05, 4.69) is 73.0 Å². The number of nitrogens with one attached hydrogen (secondary N) is 1. The highest BCUT2D eigenvalue weighted by Gasteiger charge is 2.34. The van der Waals surface area contributed by atoms with Crippen LogP contribution in [0.5, 0.6) is 0 Å². The highest BCUT2D eigenvalue weighted by atomic mass is 16.5. The smallest absolute Gasteiger partial charge is 0.0828 e. The zero-order chi connectivity index (χ0) is 27.2.